The third-order valence-corrected chi connectivity index (χ3v) is 6.04. The Kier molecular flexibility index (Phi) is 11.7. The average Bonchev–Trinajstić information content (AvgIpc) is 2.46. The highest BCUT2D eigenvalue weighted by Crippen LogP contribution is 2.21. The SMILES string of the molecule is CCOO[Si](C)(C)O[Si](OOCC)(OOCC)OOCC. The maximum Gasteiger partial charge on any atom is 0.755 e. The minimum atomic E-state index is -3.85. The maximum absolute atomic E-state index is 5.72. The molecule has 0 rings (SSSR count). The zero-order valence-electron chi connectivity index (χ0n) is 13.5. The van der Waals surface area contributed by atoms with Crippen LogP contribution in [0.4, 0.5) is 0 Å². The first kappa shape index (κ1) is 21.1. The van der Waals surface area contributed by atoms with Crippen molar-refractivity contribution >= 4 is 17.6 Å². The van der Waals surface area contributed by atoms with Gasteiger partial charge in [0.15, 0.2) is 0 Å². The van der Waals surface area contributed by atoms with E-state index in [4.69, 9.17) is 42.0 Å². The van der Waals surface area contributed by atoms with Crippen molar-refractivity contribution in [3.8, 4) is 0 Å². The molecule has 0 aliphatic rings. The standard InChI is InChI=1S/C10H26O9Si2/c1-7-11-15-20(5,6)19-21(16-12-8-2,17-13-9-3)18-14-10-4/h7-10H2,1-6H3. The fourth-order valence-electron chi connectivity index (χ4n) is 1.00. The molecule has 0 saturated carbocycles. The highest BCUT2D eigenvalue weighted by molar-refractivity contribution is 6.74. The van der Waals surface area contributed by atoms with Crippen molar-refractivity contribution in [1.29, 1.82) is 0 Å². The van der Waals surface area contributed by atoms with E-state index in [1.54, 1.807) is 40.8 Å². The molecular formula is C10H26O9Si2. The van der Waals surface area contributed by atoms with Gasteiger partial charge in [-0.05, 0) is 40.8 Å². The molecule has 11 heteroatoms. The summed E-state index contributed by atoms with van der Waals surface area (Å²) in [6.07, 6.45) is 0. The Balaban J connectivity index is 4.91. The van der Waals surface area contributed by atoms with Crippen molar-refractivity contribution in [3.63, 3.8) is 0 Å². The number of hydrogen-bond acceptors (Lipinski definition) is 9. The lowest BCUT2D eigenvalue weighted by atomic mass is 10.9. The highest BCUT2D eigenvalue weighted by Gasteiger charge is 2.57. The van der Waals surface area contributed by atoms with Gasteiger partial charge >= 0.3 is 17.6 Å². The summed E-state index contributed by atoms with van der Waals surface area (Å²) in [6.45, 7) is 11.6. The fraction of sp³-hybridized carbons (Fsp3) is 1.00. The Labute approximate surface area is 127 Å². The third-order valence-electron chi connectivity index (χ3n) is 1.58. The second kappa shape index (κ2) is 11.6. The van der Waals surface area contributed by atoms with Crippen LogP contribution in [0.1, 0.15) is 27.7 Å². The van der Waals surface area contributed by atoms with Crippen LogP contribution in [0.5, 0.6) is 0 Å². The molecule has 0 radical (unpaired) electrons. The summed E-state index contributed by atoms with van der Waals surface area (Å²) < 4.78 is 26.3. The maximum atomic E-state index is 5.72. The van der Waals surface area contributed by atoms with E-state index in [0.29, 0.717) is 6.61 Å². The molecule has 0 aromatic carbocycles. The van der Waals surface area contributed by atoms with Crippen LogP contribution >= 0.6 is 0 Å². The average molecular weight is 346 g/mol. The van der Waals surface area contributed by atoms with Crippen molar-refractivity contribution in [3.05, 3.63) is 0 Å². The predicted molar refractivity (Wildman–Crippen MR) is 75.2 cm³/mol. The van der Waals surface area contributed by atoms with E-state index in [-0.39, 0.29) is 19.8 Å². The van der Waals surface area contributed by atoms with Crippen LogP contribution in [0.15, 0.2) is 0 Å². The van der Waals surface area contributed by atoms with Gasteiger partial charge in [-0.15, -0.1) is 0 Å². The van der Waals surface area contributed by atoms with Crippen LogP contribution in [0.25, 0.3) is 0 Å². The largest absolute Gasteiger partial charge is 0.755 e. The van der Waals surface area contributed by atoms with Gasteiger partial charge in [0.2, 0.25) is 0 Å². The Morgan fingerprint density at radius 1 is 0.571 bits per heavy atom. The molecule has 0 amide bonds. The molecule has 128 valence electrons. The Bertz CT molecular complexity index is 233. The van der Waals surface area contributed by atoms with Crippen molar-refractivity contribution < 1.29 is 42.0 Å². The van der Waals surface area contributed by atoms with Gasteiger partial charge in [-0.3, -0.25) is 4.58 Å². The van der Waals surface area contributed by atoms with E-state index < -0.39 is 17.6 Å². The van der Waals surface area contributed by atoms with Gasteiger partial charge in [0.05, 0.1) is 26.4 Å². The van der Waals surface area contributed by atoms with Gasteiger partial charge in [-0.1, -0.05) is 0 Å². The third kappa shape index (κ3) is 9.65. The van der Waals surface area contributed by atoms with E-state index >= 15 is 0 Å². The Morgan fingerprint density at radius 3 is 1.24 bits per heavy atom. The summed E-state index contributed by atoms with van der Waals surface area (Å²) in [4.78, 5) is 19.6. The molecule has 0 bridgehead atoms. The minimum Gasteiger partial charge on any atom is -0.365 e. The zero-order valence-corrected chi connectivity index (χ0v) is 15.5. The molecule has 0 N–H and O–H groups in total. The van der Waals surface area contributed by atoms with Crippen molar-refractivity contribution in [2.45, 2.75) is 40.8 Å². The van der Waals surface area contributed by atoms with Gasteiger partial charge < -0.3 is 4.12 Å². The lowest BCUT2D eigenvalue weighted by Gasteiger charge is -2.30. The van der Waals surface area contributed by atoms with Gasteiger partial charge in [-0.2, -0.15) is 13.7 Å². The molecule has 0 aliphatic carbocycles. The Morgan fingerprint density at radius 2 is 0.905 bits per heavy atom. The van der Waals surface area contributed by atoms with Crippen LogP contribution in [0.2, 0.25) is 13.1 Å². The summed E-state index contributed by atoms with van der Waals surface area (Å²) in [5.41, 5.74) is 0. The normalized spacial score (nSPS) is 12.9. The minimum absolute atomic E-state index is 0.261. The van der Waals surface area contributed by atoms with Crippen LogP contribution in [0, 0.1) is 0 Å². The molecule has 0 unspecified atom stereocenters. The van der Waals surface area contributed by atoms with E-state index in [1.807, 2.05) is 0 Å². The lowest BCUT2D eigenvalue weighted by molar-refractivity contribution is -0.382. The molecule has 21 heavy (non-hydrogen) atoms. The molecule has 0 aromatic rings. The summed E-state index contributed by atoms with van der Waals surface area (Å²) in [5, 5.41) is 0. The van der Waals surface area contributed by atoms with Crippen LogP contribution in [0.3, 0.4) is 0 Å². The first-order valence-corrected chi connectivity index (χ1v) is 11.3. The smallest absolute Gasteiger partial charge is 0.365 e. The number of rotatable bonds is 14. The zero-order chi connectivity index (χ0) is 16.2. The predicted octanol–water partition coefficient (Wildman–Crippen LogP) is 2.01. The molecule has 0 saturated heterocycles. The highest BCUT2D eigenvalue weighted by atomic mass is 28.5. The second-order valence-electron chi connectivity index (χ2n) is 3.96. The molecular weight excluding hydrogens is 320 g/mol. The van der Waals surface area contributed by atoms with E-state index in [2.05, 4.69) is 0 Å². The first-order chi connectivity index (χ1) is 9.95. The molecule has 0 aliphatic heterocycles. The van der Waals surface area contributed by atoms with E-state index in [9.17, 15) is 0 Å². The second-order valence-corrected chi connectivity index (χ2v) is 9.24. The molecule has 0 spiro atoms. The number of hydrogen-bond donors (Lipinski definition) is 0. The van der Waals surface area contributed by atoms with E-state index in [0.717, 1.165) is 0 Å². The Hall–Kier alpha value is 0.0738. The lowest BCUT2D eigenvalue weighted by Crippen LogP contribution is -2.56. The van der Waals surface area contributed by atoms with E-state index in [1.165, 1.54) is 0 Å². The van der Waals surface area contributed by atoms with Gasteiger partial charge in [0, 0.05) is 0 Å². The summed E-state index contributed by atoms with van der Waals surface area (Å²) in [6, 6.07) is 0. The van der Waals surface area contributed by atoms with Crippen molar-refractivity contribution in [2.75, 3.05) is 26.4 Å². The van der Waals surface area contributed by atoms with Crippen LogP contribution in [-0.4, -0.2) is 44.0 Å². The summed E-state index contributed by atoms with van der Waals surface area (Å²) >= 11 is 0. The van der Waals surface area contributed by atoms with Gasteiger partial charge in [-0.25, -0.2) is 19.6 Å². The molecule has 0 aromatic heterocycles. The fourth-order valence-corrected chi connectivity index (χ4v) is 5.23. The quantitative estimate of drug-likeness (QED) is 0.266. The van der Waals surface area contributed by atoms with Crippen LogP contribution < -0.4 is 0 Å². The molecule has 9 nitrogen and oxygen atoms in total. The topological polar surface area (TPSA) is 83.1 Å². The van der Waals surface area contributed by atoms with Crippen molar-refractivity contribution in [1.82, 2.24) is 0 Å². The molecule has 0 fully saturated rings. The van der Waals surface area contributed by atoms with Gasteiger partial charge in [0.1, 0.15) is 0 Å². The monoisotopic (exact) mass is 346 g/mol. The molecule has 0 heterocycles. The first-order valence-electron chi connectivity index (χ1n) is 6.87. The summed E-state index contributed by atoms with van der Waals surface area (Å²) in [5.74, 6) is 0. The molecule has 0 atom stereocenters. The van der Waals surface area contributed by atoms with Crippen LogP contribution in [-0.2, 0) is 42.0 Å². The van der Waals surface area contributed by atoms with Gasteiger partial charge in [0.25, 0.3) is 0 Å². The summed E-state index contributed by atoms with van der Waals surface area (Å²) in [7, 11) is -6.64. The van der Waals surface area contributed by atoms with Crippen molar-refractivity contribution in [2.24, 2.45) is 0 Å².